The van der Waals surface area contributed by atoms with E-state index in [9.17, 15) is 18.7 Å². The van der Waals surface area contributed by atoms with Crippen molar-refractivity contribution in [1.82, 2.24) is 14.9 Å². The lowest BCUT2D eigenvalue weighted by atomic mass is 9.99. The van der Waals surface area contributed by atoms with Gasteiger partial charge in [-0.1, -0.05) is 17.7 Å². The molecule has 0 saturated heterocycles. The highest BCUT2D eigenvalue weighted by Crippen LogP contribution is 2.31. The first-order chi connectivity index (χ1) is 16.7. The number of aliphatic hydroxyl groups is 1. The van der Waals surface area contributed by atoms with Crippen LogP contribution in [0.3, 0.4) is 0 Å². The highest BCUT2D eigenvalue weighted by atomic mass is 35.5. The Balaban J connectivity index is 1.58. The molecule has 35 heavy (non-hydrogen) atoms. The maximum atomic E-state index is 14.1. The summed E-state index contributed by atoms with van der Waals surface area (Å²) in [4.78, 5) is 23.7. The largest absolute Gasteiger partial charge is 0.483 e. The zero-order chi connectivity index (χ0) is 25.3. The molecular formula is C25H25ClF2N4O3. The first-order valence-corrected chi connectivity index (χ1v) is 11.5. The Labute approximate surface area is 206 Å². The van der Waals surface area contributed by atoms with Crippen LogP contribution in [0, 0.1) is 19.7 Å². The lowest BCUT2D eigenvalue weighted by Gasteiger charge is -2.24. The molecule has 2 heterocycles. The van der Waals surface area contributed by atoms with E-state index in [0.29, 0.717) is 45.5 Å². The highest BCUT2D eigenvalue weighted by molar-refractivity contribution is 6.31. The molecule has 1 amide bonds. The SMILES string of the molecule is Cc1nc(C2=C(N)CN(C(=O)c3ccc(F)cc3OC(CO)C3=CC=C(F)CC3)C2)nc(C)c1Cl. The van der Waals surface area contributed by atoms with Crippen LogP contribution >= 0.6 is 11.6 Å². The number of allylic oxidation sites excluding steroid dienone is 3. The van der Waals surface area contributed by atoms with Crippen molar-refractivity contribution in [3.8, 4) is 5.75 Å². The second-order valence-corrected chi connectivity index (χ2v) is 8.86. The molecule has 3 N–H and O–H groups in total. The van der Waals surface area contributed by atoms with Crippen LogP contribution in [0.15, 0.2) is 47.4 Å². The van der Waals surface area contributed by atoms with E-state index in [2.05, 4.69) is 9.97 Å². The maximum absolute atomic E-state index is 14.1. The smallest absolute Gasteiger partial charge is 0.258 e. The molecule has 1 aliphatic heterocycles. The van der Waals surface area contributed by atoms with Crippen LogP contribution in [0.4, 0.5) is 8.78 Å². The number of aryl methyl sites for hydroxylation is 2. The molecule has 1 aromatic carbocycles. The zero-order valence-corrected chi connectivity index (χ0v) is 20.1. The summed E-state index contributed by atoms with van der Waals surface area (Å²) < 4.78 is 33.3. The van der Waals surface area contributed by atoms with Gasteiger partial charge in [0.25, 0.3) is 5.91 Å². The van der Waals surface area contributed by atoms with E-state index in [0.717, 1.165) is 12.1 Å². The van der Waals surface area contributed by atoms with E-state index in [1.807, 2.05) is 0 Å². The molecule has 0 saturated carbocycles. The molecule has 4 rings (SSSR count). The molecular weight excluding hydrogens is 478 g/mol. The molecule has 1 unspecified atom stereocenters. The lowest BCUT2D eigenvalue weighted by Crippen LogP contribution is -2.32. The van der Waals surface area contributed by atoms with Crippen molar-refractivity contribution in [2.75, 3.05) is 19.7 Å². The molecule has 10 heteroatoms. The molecule has 2 aromatic rings. The van der Waals surface area contributed by atoms with Gasteiger partial charge in [-0.3, -0.25) is 4.79 Å². The number of halogens is 3. The van der Waals surface area contributed by atoms with Crippen LogP contribution in [0.1, 0.15) is 40.4 Å². The Morgan fingerprint density at radius 3 is 2.54 bits per heavy atom. The van der Waals surface area contributed by atoms with Crippen molar-refractivity contribution in [2.45, 2.75) is 32.8 Å². The molecule has 0 spiro atoms. The van der Waals surface area contributed by atoms with Crippen LogP contribution in [0.2, 0.25) is 5.02 Å². The molecule has 7 nitrogen and oxygen atoms in total. The highest BCUT2D eigenvalue weighted by Gasteiger charge is 2.30. The van der Waals surface area contributed by atoms with Gasteiger partial charge in [0.2, 0.25) is 0 Å². The van der Waals surface area contributed by atoms with Crippen molar-refractivity contribution in [3.05, 3.63) is 81.1 Å². The van der Waals surface area contributed by atoms with E-state index in [1.165, 1.54) is 23.1 Å². The minimum absolute atomic E-state index is 0.0218. The van der Waals surface area contributed by atoms with Crippen LogP contribution < -0.4 is 10.5 Å². The number of hydrogen-bond acceptors (Lipinski definition) is 6. The van der Waals surface area contributed by atoms with Gasteiger partial charge in [-0.05, 0) is 44.1 Å². The minimum Gasteiger partial charge on any atom is -0.483 e. The van der Waals surface area contributed by atoms with E-state index in [4.69, 9.17) is 22.1 Å². The first-order valence-electron chi connectivity index (χ1n) is 11.1. The van der Waals surface area contributed by atoms with E-state index < -0.39 is 24.4 Å². The summed E-state index contributed by atoms with van der Waals surface area (Å²) in [5.41, 5.74) is 9.26. The summed E-state index contributed by atoms with van der Waals surface area (Å²) in [5, 5.41) is 10.3. The van der Waals surface area contributed by atoms with Crippen LogP contribution in [-0.4, -0.2) is 51.7 Å². The Morgan fingerprint density at radius 2 is 1.91 bits per heavy atom. The fourth-order valence-corrected chi connectivity index (χ4v) is 4.15. The summed E-state index contributed by atoms with van der Waals surface area (Å²) in [6, 6.07) is 3.59. The second kappa shape index (κ2) is 10.1. The van der Waals surface area contributed by atoms with Gasteiger partial charge in [-0.15, -0.1) is 0 Å². The molecule has 1 aliphatic carbocycles. The van der Waals surface area contributed by atoms with E-state index in [-0.39, 0.29) is 36.7 Å². The van der Waals surface area contributed by atoms with Crippen molar-refractivity contribution in [2.24, 2.45) is 5.73 Å². The number of nitrogens with zero attached hydrogens (tertiary/aromatic N) is 3. The van der Waals surface area contributed by atoms with Crippen molar-refractivity contribution in [1.29, 1.82) is 0 Å². The molecule has 2 aliphatic rings. The number of amides is 1. The van der Waals surface area contributed by atoms with Gasteiger partial charge >= 0.3 is 0 Å². The second-order valence-electron chi connectivity index (χ2n) is 8.48. The van der Waals surface area contributed by atoms with Crippen LogP contribution in [0.5, 0.6) is 5.75 Å². The number of aromatic nitrogens is 2. The number of aliphatic hydroxyl groups excluding tert-OH is 1. The number of benzene rings is 1. The Morgan fingerprint density at radius 1 is 1.20 bits per heavy atom. The van der Waals surface area contributed by atoms with E-state index >= 15 is 0 Å². The molecule has 184 valence electrons. The number of rotatable bonds is 6. The average Bonchev–Trinajstić information content (AvgIpc) is 3.22. The topological polar surface area (TPSA) is 102 Å². The predicted molar refractivity (Wildman–Crippen MR) is 128 cm³/mol. The van der Waals surface area contributed by atoms with Crippen LogP contribution in [-0.2, 0) is 0 Å². The fraction of sp³-hybridized carbons (Fsp3) is 0.320. The van der Waals surface area contributed by atoms with Crippen molar-refractivity contribution >= 4 is 23.1 Å². The summed E-state index contributed by atoms with van der Waals surface area (Å²) >= 11 is 6.17. The summed E-state index contributed by atoms with van der Waals surface area (Å²) in [6.07, 6.45) is 2.54. The van der Waals surface area contributed by atoms with Gasteiger partial charge in [0.1, 0.15) is 23.5 Å². The summed E-state index contributed by atoms with van der Waals surface area (Å²) in [5.74, 6) is -0.918. The number of carbonyl (C=O) groups excluding carboxylic acids is 1. The molecule has 0 fully saturated rings. The Hall–Kier alpha value is -3.30. The quantitative estimate of drug-likeness (QED) is 0.618. The number of carbonyl (C=O) groups is 1. The lowest BCUT2D eigenvalue weighted by molar-refractivity contribution is 0.0786. The summed E-state index contributed by atoms with van der Waals surface area (Å²) in [6.45, 7) is 3.40. The predicted octanol–water partition coefficient (Wildman–Crippen LogP) is 4.03. The van der Waals surface area contributed by atoms with Crippen molar-refractivity contribution in [3.63, 3.8) is 0 Å². The number of ether oxygens (including phenoxy) is 1. The number of nitrogens with two attached hydrogens (primary N) is 1. The molecule has 1 aromatic heterocycles. The first kappa shape index (κ1) is 24.8. The van der Waals surface area contributed by atoms with Gasteiger partial charge in [0.15, 0.2) is 5.82 Å². The fourth-order valence-electron chi connectivity index (χ4n) is 4.07. The van der Waals surface area contributed by atoms with E-state index in [1.54, 1.807) is 13.8 Å². The third-order valence-corrected chi connectivity index (χ3v) is 6.54. The van der Waals surface area contributed by atoms with Crippen LogP contribution in [0.25, 0.3) is 5.57 Å². The normalized spacial score (nSPS) is 16.8. The Bertz CT molecular complexity index is 1250. The Kier molecular flexibility index (Phi) is 7.18. The zero-order valence-electron chi connectivity index (χ0n) is 19.3. The average molecular weight is 503 g/mol. The monoisotopic (exact) mass is 502 g/mol. The molecule has 0 bridgehead atoms. The van der Waals surface area contributed by atoms with Gasteiger partial charge in [-0.25, -0.2) is 18.7 Å². The van der Waals surface area contributed by atoms with Gasteiger partial charge in [-0.2, -0.15) is 0 Å². The maximum Gasteiger partial charge on any atom is 0.258 e. The van der Waals surface area contributed by atoms with Gasteiger partial charge < -0.3 is 20.5 Å². The third-order valence-electron chi connectivity index (χ3n) is 5.99. The molecule has 1 atom stereocenters. The number of hydrogen-bond donors (Lipinski definition) is 2. The van der Waals surface area contributed by atoms with Crippen molar-refractivity contribution < 1.29 is 23.4 Å². The minimum atomic E-state index is -0.849. The summed E-state index contributed by atoms with van der Waals surface area (Å²) in [7, 11) is 0. The van der Waals surface area contributed by atoms with Gasteiger partial charge in [0.05, 0.1) is 41.7 Å². The standard InChI is InChI=1S/C25H25ClF2N4O3/c1-13-23(26)14(2)31-24(30-13)19-10-32(11-20(19)29)25(34)18-8-7-17(28)9-21(18)35-22(12-33)15-3-5-16(27)6-4-15/h3,5,7-9,22,33H,4,6,10-12,29H2,1-2H3. The van der Waals surface area contributed by atoms with Gasteiger partial charge in [0, 0.05) is 23.8 Å². The third kappa shape index (κ3) is 5.21. The molecule has 0 radical (unpaired) electrons.